The fourth-order valence-corrected chi connectivity index (χ4v) is 7.96. The minimum atomic E-state index is 0.243. The summed E-state index contributed by atoms with van der Waals surface area (Å²) in [7, 11) is 0. The van der Waals surface area contributed by atoms with Crippen molar-refractivity contribution in [1.29, 1.82) is 0 Å². The van der Waals surface area contributed by atoms with Crippen molar-refractivity contribution in [2.75, 3.05) is 10.2 Å². The maximum absolute atomic E-state index is 3.68. The van der Waals surface area contributed by atoms with Crippen molar-refractivity contribution in [3.05, 3.63) is 181 Å². The number of anilines is 4. The van der Waals surface area contributed by atoms with E-state index < -0.39 is 0 Å². The molecule has 0 fully saturated rings. The van der Waals surface area contributed by atoms with Crippen LogP contribution in [0, 0.1) is 0 Å². The average molecular weight is 622 g/mol. The highest BCUT2D eigenvalue weighted by Gasteiger charge is 2.23. The van der Waals surface area contributed by atoms with Crippen LogP contribution in [0.2, 0.25) is 0 Å². The lowest BCUT2D eigenvalue weighted by Crippen LogP contribution is -2.09. The predicted octanol–water partition coefficient (Wildman–Crippen LogP) is 12.1. The van der Waals surface area contributed by atoms with E-state index in [1.807, 2.05) is 11.8 Å². The van der Waals surface area contributed by atoms with Crippen LogP contribution >= 0.6 is 11.8 Å². The van der Waals surface area contributed by atoms with Gasteiger partial charge >= 0.3 is 0 Å². The second-order valence-corrected chi connectivity index (χ2v) is 13.0. The zero-order valence-electron chi connectivity index (χ0n) is 25.6. The van der Waals surface area contributed by atoms with Gasteiger partial charge in [0.1, 0.15) is 5.37 Å². The molecule has 0 saturated carbocycles. The minimum absolute atomic E-state index is 0.243. The van der Waals surface area contributed by atoms with Crippen molar-refractivity contribution in [3.63, 3.8) is 0 Å². The Morgan fingerprint density at radius 3 is 1.83 bits per heavy atom. The number of thioether (sulfide) groups is 1. The molecule has 2 heterocycles. The number of benzene rings is 7. The third kappa shape index (κ3) is 4.95. The number of nitrogens with one attached hydrogen (secondary N) is 1. The zero-order valence-corrected chi connectivity index (χ0v) is 26.4. The molecule has 224 valence electrons. The molecule has 9 rings (SSSR count). The Morgan fingerprint density at radius 1 is 0.489 bits per heavy atom. The molecule has 0 aliphatic carbocycles. The third-order valence-corrected chi connectivity index (χ3v) is 10.2. The van der Waals surface area contributed by atoms with Crippen LogP contribution in [0.25, 0.3) is 38.6 Å². The Balaban J connectivity index is 1.09. The van der Waals surface area contributed by atoms with Gasteiger partial charge < -0.3 is 14.8 Å². The summed E-state index contributed by atoms with van der Waals surface area (Å²) in [5.41, 5.74) is 11.9. The number of nitrogens with zero attached hydrogens (tertiary/aromatic N) is 2. The summed E-state index contributed by atoms with van der Waals surface area (Å²) in [5, 5.41) is 6.39. The standard InChI is InChI=1S/C43H31N3S/c1-4-12-31(13-5-1)43-44-39-26-22-32(28-42(39)47-43)30-20-23-35(24-21-30)46-40-19-11-10-18-37(40)38-29-36(25-27-41(38)46)45(33-14-6-2-7-15-33)34-16-8-3-9-17-34/h1-29,43-44H. The second-order valence-electron chi connectivity index (χ2n) is 11.9. The molecular weight excluding hydrogens is 591 g/mol. The number of para-hydroxylation sites is 3. The summed E-state index contributed by atoms with van der Waals surface area (Å²) in [4.78, 5) is 3.62. The fourth-order valence-electron chi connectivity index (χ4n) is 6.78. The van der Waals surface area contributed by atoms with Crippen LogP contribution < -0.4 is 10.2 Å². The number of hydrogen-bond acceptors (Lipinski definition) is 3. The first-order valence-corrected chi connectivity index (χ1v) is 16.8. The molecule has 1 aliphatic rings. The topological polar surface area (TPSA) is 20.2 Å². The summed E-state index contributed by atoms with van der Waals surface area (Å²) < 4.78 is 2.39. The molecule has 0 radical (unpaired) electrons. The predicted molar refractivity (Wildman–Crippen MR) is 200 cm³/mol. The highest BCUT2D eigenvalue weighted by molar-refractivity contribution is 8.00. The van der Waals surface area contributed by atoms with E-state index in [1.54, 1.807) is 0 Å². The van der Waals surface area contributed by atoms with E-state index in [0.717, 1.165) is 22.7 Å². The van der Waals surface area contributed by atoms with E-state index in [-0.39, 0.29) is 5.37 Å². The molecule has 1 N–H and O–H groups in total. The van der Waals surface area contributed by atoms with Gasteiger partial charge in [-0.3, -0.25) is 0 Å². The summed E-state index contributed by atoms with van der Waals surface area (Å²) in [5.74, 6) is 0. The SMILES string of the molecule is c1ccc(C2Nc3ccc(-c4ccc(-n5c6ccccc6c6cc(N(c7ccccc7)c7ccccc7)ccc65)cc4)cc3S2)cc1. The molecule has 0 amide bonds. The van der Waals surface area contributed by atoms with Gasteiger partial charge in [0.25, 0.3) is 0 Å². The summed E-state index contributed by atoms with van der Waals surface area (Å²) >= 11 is 1.88. The first kappa shape index (κ1) is 27.6. The monoisotopic (exact) mass is 621 g/mol. The zero-order chi connectivity index (χ0) is 31.2. The van der Waals surface area contributed by atoms with Gasteiger partial charge in [0.15, 0.2) is 0 Å². The van der Waals surface area contributed by atoms with Gasteiger partial charge in [-0.15, -0.1) is 0 Å². The normalized spacial score (nSPS) is 13.8. The van der Waals surface area contributed by atoms with Crippen LogP contribution in [0.1, 0.15) is 10.9 Å². The summed E-state index contributed by atoms with van der Waals surface area (Å²) in [6, 6.07) is 63.2. The first-order chi connectivity index (χ1) is 23.3. The van der Waals surface area contributed by atoms with Gasteiger partial charge in [-0.1, -0.05) is 115 Å². The molecule has 3 nitrogen and oxygen atoms in total. The molecule has 1 aromatic heterocycles. The lowest BCUT2D eigenvalue weighted by Gasteiger charge is -2.25. The van der Waals surface area contributed by atoms with Gasteiger partial charge in [-0.25, -0.2) is 0 Å². The molecule has 8 aromatic rings. The van der Waals surface area contributed by atoms with Crippen LogP contribution in [0.4, 0.5) is 22.7 Å². The Hall–Kier alpha value is -5.71. The Labute approximate surface area is 278 Å². The van der Waals surface area contributed by atoms with Gasteiger partial charge in [0.05, 0.1) is 11.0 Å². The van der Waals surface area contributed by atoms with Gasteiger partial charge in [-0.2, -0.15) is 0 Å². The van der Waals surface area contributed by atoms with Crippen LogP contribution in [-0.2, 0) is 0 Å². The molecule has 0 bridgehead atoms. The number of hydrogen-bond donors (Lipinski definition) is 1. The summed E-state index contributed by atoms with van der Waals surface area (Å²) in [6.45, 7) is 0. The largest absolute Gasteiger partial charge is 0.368 e. The first-order valence-electron chi connectivity index (χ1n) is 16.0. The van der Waals surface area contributed by atoms with E-state index in [9.17, 15) is 0 Å². The van der Waals surface area contributed by atoms with Crippen LogP contribution in [0.5, 0.6) is 0 Å². The molecule has 0 spiro atoms. The molecular formula is C43H31N3S. The van der Waals surface area contributed by atoms with Gasteiger partial charge in [-0.05, 0) is 89.5 Å². The Morgan fingerprint density at radius 2 is 1.11 bits per heavy atom. The van der Waals surface area contributed by atoms with Crippen molar-refractivity contribution >= 4 is 56.3 Å². The van der Waals surface area contributed by atoms with Crippen molar-refractivity contribution in [2.24, 2.45) is 0 Å². The van der Waals surface area contributed by atoms with Crippen molar-refractivity contribution in [1.82, 2.24) is 4.57 Å². The lowest BCUT2D eigenvalue weighted by atomic mass is 10.0. The molecule has 7 aromatic carbocycles. The van der Waals surface area contributed by atoms with Crippen LogP contribution in [0.15, 0.2) is 181 Å². The average Bonchev–Trinajstić information content (AvgIpc) is 3.72. The van der Waals surface area contributed by atoms with E-state index in [2.05, 4.69) is 191 Å². The molecule has 1 unspecified atom stereocenters. The highest BCUT2D eigenvalue weighted by Crippen LogP contribution is 2.48. The maximum atomic E-state index is 3.68. The van der Waals surface area contributed by atoms with Crippen molar-refractivity contribution < 1.29 is 0 Å². The Bertz CT molecular complexity index is 2310. The quantitative estimate of drug-likeness (QED) is 0.199. The molecule has 47 heavy (non-hydrogen) atoms. The fraction of sp³-hybridized carbons (Fsp3) is 0.0233. The minimum Gasteiger partial charge on any atom is -0.368 e. The summed E-state index contributed by atoms with van der Waals surface area (Å²) in [6.07, 6.45) is 0. The number of rotatable bonds is 6. The molecule has 1 atom stereocenters. The van der Waals surface area contributed by atoms with Crippen molar-refractivity contribution in [3.8, 4) is 16.8 Å². The number of aromatic nitrogens is 1. The Kier molecular flexibility index (Phi) is 6.80. The molecule has 0 saturated heterocycles. The van der Waals surface area contributed by atoms with E-state index in [4.69, 9.17) is 0 Å². The van der Waals surface area contributed by atoms with Crippen LogP contribution in [-0.4, -0.2) is 4.57 Å². The van der Waals surface area contributed by atoms with Crippen molar-refractivity contribution in [2.45, 2.75) is 10.3 Å². The highest BCUT2D eigenvalue weighted by atomic mass is 32.2. The molecule has 1 aliphatic heterocycles. The lowest BCUT2D eigenvalue weighted by molar-refractivity contribution is 1.13. The van der Waals surface area contributed by atoms with Gasteiger partial charge in [0.2, 0.25) is 0 Å². The van der Waals surface area contributed by atoms with E-state index >= 15 is 0 Å². The number of fused-ring (bicyclic) bond motifs is 4. The second kappa shape index (κ2) is 11.6. The van der Waals surface area contributed by atoms with Gasteiger partial charge in [0, 0.05) is 44.1 Å². The van der Waals surface area contributed by atoms with E-state index in [0.29, 0.717) is 0 Å². The van der Waals surface area contributed by atoms with E-state index in [1.165, 1.54) is 49.1 Å². The maximum Gasteiger partial charge on any atom is 0.103 e. The van der Waals surface area contributed by atoms with Crippen LogP contribution in [0.3, 0.4) is 0 Å². The molecule has 4 heteroatoms. The smallest absolute Gasteiger partial charge is 0.103 e. The third-order valence-electron chi connectivity index (χ3n) is 9.02.